The fourth-order valence-electron chi connectivity index (χ4n) is 1.57. The molecule has 1 N–H and O–H groups in total. The normalized spacial score (nSPS) is 16.7. The van der Waals surface area contributed by atoms with Gasteiger partial charge in [-0.1, -0.05) is 30.3 Å². The third-order valence-corrected chi connectivity index (χ3v) is 3.32. The first-order chi connectivity index (χ1) is 6.88. The van der Waals surface area contributed by atoms with Crippen molar-refractivity contribution in [2.24, 2.45) is 0 Å². The van der Waals surface area contributed by atoms with E-state index in [2.05, 4.69) is 4.90 Å². The van der Waals surface area contributed by atoms with E-state index < -0.39 is 0 Å². The van der Waals surface area contributed by atoms with Crippen LogP contribution in [0.3, 0.4) is 0 Å². The lowest BCUT2D eigenvalue weighted by atomic mass is 10.2. The highest BCUT2D eigenvalue weighted by molar-refractivity contribution is 7.99. The van der Waals surface area contributed by atoms with Gasteiger partial charge in [-0.2, -0.15) is 11.8 Å². The zero-order chi connectivity index (χ0) is 9.80. The van der Waals surface area contributed by atoms with Crippen LogP contribution in [0.15, 0.2) is 30.3 Å². The van der Waals surface area contributed by atoms with Crippen molar-refractivity contribution < 1.29 is 0 Å². The summed E-state index contributed by atoms with van der Waals surface area (Å²) in [5.74, 6) is 2.97. The van der Waals surface area contributed by atoms with Crippen molar-refractivity contribution in [2.45, 2.75) is 0 Å². The van der Waals surface area contributed by atoms with Gasteiger partial charge in [0, 0.05) is 30.2 Å². The Balaban J connectivity index is 2.07. The van der Waals surface area contributed by atoms with Crippen LogP contribution in [0.2, 0.25) is 0 Å². The number of nitrogens with one attached hydrogen (secondary N) is 1. The number of nitrogens with zero attached hydrogens (tertiary/aromatic N) is 1. The summed E-state index contributed by atoms with van der Waals surface area (Å²) in [7, 11) is 0. The zero-order valence-electron chi connectivity index (χ0n) is 8.07. The van der Waals surface area contributed by atoms with Crippen molar-refractivity contribution >= 4 is 17.6 Å². The molecule has 0 radical (unpaired) electrons. The van der Waals surface area contributed by atoms with E-state index in [4.69, 9.17) is 5.41 Å². The average molecular weight is 206 g/mol. The summed E-state index contributed by atoms with van der Waals surface area (Å²) in [5, 5.41) is 8.04. The summed E-state index contributed by atoms with van der Waals surface area (Å²) < 4.78 is 0. The Kier molecular flexibility index (Phi) is 3.09. The van der Waals surface area contributed by atoms with Gasteiger partial charge in [0.15, 0.2) is 0 Å². The second-order valence-corrected chi connectivity index (χ2v) is 4.54. The van der Waals surface area contributed by atoms with Crippen molar-refractivity contribution in [3.8, 4) is 0 Å². The Labute approximate surface area is 88.8 Å². The Morgan fingerprint density at radius 3 is 2.43 bits per heavy atom. The lowest BCUT2D eigenvalue weighted by Gasteiger charge is -2.28. The van der Waals surface area contributed by atoms with Crippen molar-refractivity contribution in [1.29, 1.82) is 5.41 Å². The molecule has 1 fully saturated rings. The monoisotopic (exact) mass is 206 g/mol. The van der Waals surface area contributed by atoms with Gasteiger partial charge in [-0.05, 0) is 0 Å². The van der Waals surface area contributed by atoms with Crippen LogP contribution in [0.25, 0.3) is 0 Å². The van der Waals surface area contributed by atoms with Crippen LogP contribution in [0.5, 0.6) is 0 Å². The first-order valence-corrected chi connectivity index (χ1v) is 6.00. The third kappa shape index (κ3) is 2.10. The van der Waals surface area contributed by atoms with Crippen LogP contribution in [-0.4, -0.2) is 35.3 Å². The highest BCUT2D eigenvalue weighted by Gasteiger charge is 2.14. The fourth-order valence-corrected chi connectivity index (χ4v) is 2.47. The number of hydrogen-bond acceptors (Lipinski definition) is 2. The van der Waals surface area contributed by atoms with Crippen LogP contribution in [0, 0.1) is 5.41 Å². The minimum Gasteiger partial charge on any atom is -0.355 e. The minimum absolute atomic E-state index is 0.672. The van der Waals surface area contributed by atoms with Crippen molar-refractivity contribution in [2.75, 3.05) is 24.6 Å². The van der Waals surface area contributed by atoms with Crippen LogP contribution >= 0.6 is 11.8 Å². The van der Waals surface area contributed by atoms with Crippen molar-refractivity contribution in [3.63, 3.8) is 0 Å². The average Bonchev–Trinajstić information content (AvgIpc) is 2.30. The molecule has 74 valence electrons. The molecule has 0 saturated carbocycles. The van der Waals surface area contributed by atoms with Crippen LogP contribution in [0.4, 0.5) is 0 Å². The molecule has 0 aliphatic carbocycles. The van der Waals surface area contributed by atoms with Gasteiger partial charge in [0.25, 0.3) is 0 Å². The van der Waals surface area contributed by atoms with E-state index in [1.165, 1.54) is 0 Å². The molecule has 1 aliphatic rings. The predicted molar refractivity (Wildman–Crippen MR) is 62.2 cm³/mol. The van der Waals surface area contributed by atoms with E-state index in [0.717, 1.165) is 30.2 Å². The molecule has 1 aliphatic heterocycles. The van der Waals surface area contributed by atoms with Crippen LogP contribution in [-0.2, 0) is 0 Å². The predicted octanol–water partition coefficient (Wildman–Crippen LogP) is 2.06. The maximum absolute atomic E-state index is 8.04. The van der Waals surface area contributed by atoms with Crippen LogP contribution < -0.4 is 0 Å². The quantitative estimate of drug-likeness (QED) is 0.562. The largest absolute Gasteiger partial charge is 0.355 e. The van der Waals surface area contributed by atoms with E-state index in [1.54, 1.807) is 0 Å². The topological polar surface area (TPSA) is 27.1 Å². The second-order valence-electron chi connectivity index (χ2n) is 3.31. The standard InChI is InChI=1S/C11H14N2S/c12-11(10-4-2-1-3-5-10)13-6-8-14-9-7-13/h1-5,12H,6-9H2. The van der Waals surface area contributed by atoms with Crippen molar-refractivity contribution in [1.82, 2.24) is 4.90 Å². The molecule has 1 aromatic carbocycles. The summed E-state index contributed by atoms with van der Waals surface area (Å²) in [6, 6.07) is 9.97. The summed E-state index contributed by atoms with van der Waals surface area (Å²) in [6.07, 6.45) is 0. The number of amidine groups is 1. The first-order valence-electron chi connectivity index (χ1n) is 4.84. The van der Waals surface area contributed by atoms with E-state index in [1.807, 2.05) is 42.1 Å². The maximum atomic E-state index is 8.04. The summed E-state index contributed by atoms with van der Waals surface area (Å²) in [4.78, 5) is 2.16. The lowest BCUT2D eigenvalue weighted by Crippen LogP contribution is -2.37. The van der Waals surface area contributed by atoms with Crippen LogP contribution in [0.1, 0.15) is 5.56 Å². The molecule has 1 heterocycles. The van der Waals surface area contributed by atoms with E-state index >= 15 is 0 Å². The third-order valence-electron chi connectivity index (χ3n) is 2.37. The second kappa shape index (κ2) is 4.51. The molecule has 1 saturated heterocycles. The SMILES string of the molecule is N=C(c1ccccc1)N1CCSCC1. The molecule has 0 amide bonds. The zero-order valence-corrected chi connectivity index (χ0v) is 8.89. The number of rotatable bonds is 1. The smallest absolute Gasteiger partial charge is 0.128 e. The lowest BCUT2D eigenvalue weighted by molar-refractivity contribution is 0.461. The Hall–Kier alpha value is -0.960. The molecule has 1 aromatic rings. The van der Waals surface area contributed by atoms with Gasteiger partial charge in [0.05, 0.1) is 0 Å². The van der Waals surface area contributed by atoms with Gasteiger partial charge >= 0.3 is 0 Å². The van der Waals surface area contributed by atoms with Gasteiger partial charge in [-0.3, -0.25) is 5.41 Å². The van der Waals surface area contributed by atoms with Crippen molar-refractivity contribution in [3.05, 3.63) is 35.9 Å². The van der Waals surface area contributed by atoms with Gasteiger partial charge in [-0.15, -0.1) is 0 Å². The van der Waals surface area contributed by atoms with Gasteiger partial charge in [0.1, 0.15) is 5.84 Å². The minimum atomic E-state index is 0.672. The molecule has 0 aromatic heterocycles. The summed E-state index contributed by atoms with van der Waals surface area (Å²) in [5.41, 5.74) is 1.03. The highest BCUT2D eigenvalue weighted by Crippen LogP contribution is 2.12. The van der Waals surface area contributed by atoms with E-state index in [0.29, 0.717) is 5.84 Å². The number of benzene rings is 1. The molecular formula is C11H14N2S. The van der Waals surface area contributed by atoms with E-state index in [-0.39, 0.29) is 0 Å². The van der Waals surface area contributed by atoms with E-state index in [9.17, 15) is 0 Å². The summed E-state index contributed by atoms with van der Waals surface area (Å²) >= 11 is 1.97. The highest BCUT2D eigenvalue weighted by atomic mass is 32.2. The Morgan fingerprint density at radius 2 is 1.79 bits per heavy atom. The Morgan fingerprint density at radius 1 is 1.14 bits per heavy atom. The van der Waals surface area contributed by atoms with Gasteiger partial charge < -0.3 is 4.90 Å². The Bertz CT molecular complexity index is 304. The molecule has 0 atom stereocenters. The molecule has 0 unspecified atom stereocenters. The molecule has 0 bridgehead atoms. The van der Waals surface area contributed by atoms with Gasteiger partial charge in [0.2, 0.25) is 0 Å². The molecule has 14 heavy (non-hydrogen) atoms. The first kappa shape index (κ1) is 9.59. The fraction of sp³-hybridized carbons (Fsp3) is 0.364. The molecular weight excluding hydrogens is 192 g/mol. The molecule has 3 heteroatoms. The molecule has 2 rings (SSSR count). The molecule has 0 spiro atoms. The summed E-state index contributed by atoms with van der Waals surface area (Å²) in [6.45, 7) is 2.02. The number of hydrogen-bond donors (Lipinski definition) is 1. The maximum Gasteiger partial charge on any atom is 0.128 e. The molecule has 2 nitrogen and oxygen atoms in total. The number of thioether (sulfide) groups is 1. The van der Waals surface area contributed by atoms with Gasteiger partial charge in [-0.25, -0.2) is 0 Å².